The van der Waals surface area contributed by atoms with Gasteiger partial charge in [0.15, 0.2) is 0 Å². The normalized spacial score (nSPS) is 14.2. The number of hydrogen-bond acceptors (Lipinski definition) is 6. The van der Waals surface area contributed by atoms with Crippen LogP contribution in [0.3, 0.4) is 0 Å². The van der Waals surface area contributed by atoms with Crippen molar-refractivity contribution in [2.75, 3.05) is 39.5 Å². The smallest absolute Gasteiger partial charge is 0.140 e. The zero-order valence-corrected chi connectivity index (χ0v) is 21.2. The average molecular weight is 503 g/mol. The lowest BCUT2D eigenvalue weighted by molar-refractivity contribution is 0.0368. The van der Waals surface area contributed by atoms with Gasteiger partial charge in [0.05, 0.1) is 31.0 Å². The molecule has 0 aliphatic carbocycles. The molecule has 1 aliphatic rings. The summed E-state index contributed by atoms with van der Waals surface area (Å²) in [5.41, 5.74) is 4.69. The Balaban J connectivity index is 1.22. The molecule has 1 fully saturated rings. The van der Waals surface area contributed by atoms with Crippen LogP contribution in [0, 0.1) is 6.92 Å². The molecule has 3 aromatic carbocycles. The Morgan fingerprint density at radius 3 is 2.35 bits per heavy atom. The Morgan fingerprint density at radius 2 is 1.59 bits per heavy atom. The lowest BCUT2D eigenvalue weighted by Gasteiger charge is -2.26. The van der Waals surface area contributed by atoms with Crippen LogP contribution in [-0.2, 0) is 11.3 Å². The van der Waals surface area contributed by atoms with Crippen LogP contribution in [0.4, 0.5) is 0 Å². The molecule has 2 heterocycles. The summed E-state index contributed by atoms with van der Waals surface area (Å²) in [7, 11) is 0. The van der Waals surface area contributed by atoms with E-state index in [0.29, 0.717) is 13.2 Å². The van der Waals surface area contributed by atoms with Crippen LogP contribution in [0.1, 0.15) is 24.0 Å². The molecule has 0 saturated carbocycles. The lowest BCUT2D eigenvalue weighted by atomic mass is 10.1. The first kappa shape index (κ1) is 25.0. The fourth-order valence-corrected chi connectivity index (χ4v) is 4.76. The van der Waals surface area contributed by atoms with E-state index in [2.05, 4.69) is 4.90 Å². The molecule has 0 radical (unpaired) electrons. The molecule has 4 aromatic rings. The van der Waals surface area contributed by atoms with E-state index in [4.69, 9.17) is 14.3 Å². The zero-order valence-electron chi connectivity index (χ0n) is 21.2. The summed E-state index contributed by atoms with van der Waals surface area (Å²) in [6.07, 6.45) is 2.15. The second kappa shape index (κ2) is 11.6. The van der Waals surface area contributed by atoms with E-state index in [9.17, 15) is 10.2 Å². The zero-order chi connectivity index (χ0) is 25.6. The average Bonchev–Trinajstić information content (AvgIpc) is 3.19. The first-order valence-corrected chi connectivity index (χ1v) is 12.9. The van der Waals surface area contributed by atoms with Gasteiger partial charge in [-0.2, -0.15) is 4.73 Å². The number of morpholine rings is 1. The highest BCUT2D eigenvalue weighted by atomic mass is 16.7. The van der Waals surface area contributed by atoms with Crippen molar-refractivity contribution in [3.05, 3.63) is 77.9 Å². The van der Waals surface area contributed by atoms with Gasteiger partial charge in [-0.15, -0.1) is 0 Å². The first-order valence-electron chi connectivity index (χ1n) is 12.9. The third kappa shape index (κ3) is 6.01. The summed E-state index contributed by atoms with van der Waals surface area (Å²) in [5.74, 6) is 1.28. The molecule has 0 atom stereocenters. The van der Waals surface area contributed by atoms with E-state index in [1.54, 1.807) is 24.3 Å². The van der Waals surface area contributed by atoms with Crippen molar-refractivity contribution in [1.29, 1.82) is 0 Å². The van der Waals surface area contributed by atoms with Crippen molar-refractivity contribution in [2.24, 2.45) is 0 Å². The van der Waals surface area contributed by atoms with Crippen molar-refractivity contribution in [1.82, 2.24) is 9.63 Å². The van der Waals surface area contributed by atoms with Crippen molar-refractivity contribution >= 4 is 10.9 Å². The number of ether oxygens (including phenoxy) is 2. The van der Waals surface area contributed by atoms with Crippen molar-refractivity contribution < 1.29 is 24.5 Å². The maximum atomic E-state index is 10.0. The molecule has 194 valence electrons. The van der Waals surface area contributed by atoms with Crippen LogP contribution in [0.25, 0.3) is 22.2 Å². The Bertz CT molecular complexity index is 1310. The van der Waals surface area contributed by atoms with E-state index in [1.165, 1.54) is 0 Å². The molecule has 0 amide bonds. The van der Waals surface area contributed by atoms with E-state index >= 15 is 0 Å². The van der Waals surface area contributed by atoms with Gasteiger partial charge in [-0.1, -0.05) is 12.1 Å². The van der Waals surface area contributed by atoms with E-state index in [-0.39, 0.29) is 11.5 Å². The molecule has 1 saturated heterocycles. The van der Waals surface area contributed by atoms with E-state index in [0.717, 1.165) is 84.7 Å². The quantitative estimate of drug-likeness (QED) is 0.292. The van der Waals surface area contributed by atoms with Gasteiger partial charge in [0, 0.05) is 24.0 Å². The topological polar surface area (TPSA) is 76.3 Å². The van der Waals surface area contributed by atoms with Crippen LogP contribution in [-0.4, -0.2) is 59.3 Å². The van der Waals surface area contributed by atoms with Gasteiger partial charge >= 0.3 is 0 Å². The molecule has 2 N–H and O–H groups in total. The van der Waals surface area contributed by atoms with Gasteiger partial charge < -0.3 is 24.5 Å². The Labute approximate surface area is 217 Å². The Hall–Kier alpha value is -3.68. The molecule has 5 rings (SSSR count). The first-order chi connectivity index (χ1) is 18.1. The highest BCUT2D eigenvalue weighted by Crippen LogP contribution is 2.35. The second-order valence-corrected chi connectivity index (χ2v) is 9.44. The summed E-state index contributed by atoms with van der Waals surface area (Å²) in [6.45, 7) is 7.93. The highest BCUT2D eigenvalue weighted by molar-refractivity contribution is 5.92. The third-order valence-corrected chi connectivity index (χ3v) is 6.83. The molecule has 37 heavy (non-hydrogen) atoms. The molecule has 0 unspecified atom stereocenters. The van der Waals surface area contributed by atoms with Gasteiger partial charge in [-0.25, -0.2) is 0 Å². The van der Waals surface area contributed by atoms with Crippen molar-refractivity contribution in [3.63, 3.8) is 0 Å². The minimum atomic E-state index is 0.210. The van der Waals surface area contributed by atoms with Gasteiger partial charge in [0.2, 0.25) is 0 Å². The summed E-state index contributed by atoms with van der Waals surface area (Å²) in [5, 5.41) is 20.7. The number of phenols is 2. The summed E-state index contributed by atoms with van der Waals surface area (Å²) in [4.78, 5) is 8.76. The van der Waals surface area contributed by atoms with Gasteiger partial charge in [-0.05, 0) is 92.0 Å². The van der Waals surface area contributed by atoms with E-state index < -0.39 is 0 Å². The van der Waals surface area contributed by atoms with Gasteiger partial charge in [-0.3, -0.25) is 4.90 Å². The van der Waals surface area contributed by atoms with Crippen LogP contribution in [0.5, 0.6) is 17.2 Å². The largest absolute Gasteiger partial charge is 0.508 e. The van der Waals surface area contributed by atoms with Crippen molar-refractivity contribution in [3.8, 4) is 28.5 Å². The molecular weight excluding hydrogens is 468 g/mol. The van der Waals surface area contributed by atoms with Crippen LogP contribution < -0.4 is 9.57 Å². The number of nitrogens with zero attached hydrogens (tertiary/aromatic N) is 2. The number of hydrogen-bond donors (Lipinski definition) is 2. The maximum absolute atomic E-state index is 10.0. The van der Waals surface area contributed by atoms with E-state index in [1.807, 2.05) is 54.1 Å². The number of rotatable bonds is 10. The highest BCUT2D eigenvalue weighted by Gasteiger charge is 2.18. The molecule has 1 aromatic heterocycles. The predicted molar refractivity (Wildman–Crippen MR) is 144 cm³/mol. The van der Waals surface area contributed by atoms with Crippen LogP contribution in [0.2, 0.25) is 0 Å². The Morgan fingerprint density at radius 1 is 0.865 bits per heavy atom. The summed E-state index contributed by atoms with van der Waals surface area (Å²) < 4.78 is 13.2. The minimum Gasteiger partial charge on any atom is -0.508 e. The number of fused-ring (bicyclic) bond motifs is 1. The standard InChI is InChI=1S/C30H34N2O5/c1-22-28-20-26(34)10-13-29(28)32(30(22)24-6-8-25(33)9-7-24)37-21-23-4-11-27(12-5-23)36-17-3-2-14-31-15-18-35-19-16-31/h4-13,20,33-34H,2-3,14-19,21H2,1H3. The molecule has 1 aliphatic heterocycles. The van der Waals surface area contributed by atoms with Crippen LogP contribution >= 0.6 is 0 Å². The number of aryl methyl sites for hydroxylation is 1. The summed E-state index contributed by atoms with van der Waals surface area (Å²) >= 11 is 0. The third-order valence-electron chi connectivity index (χ3n) is 6.83. The fourth-order valence-electron chi connectivity index (χ4n) is 4.76. The SMILES string of the molecule is Cc1c(-c2ccc(O)cc2)n(OCc2ccc(OCCCCN3CCOCC3)cc2)c2ccc(O)cc12. The molecule has 0 bridgehead atoms. The molecule has 0 spiro atoms. The fraction of sp³-hybridized carbons (Fsp3) is 0.333. The lowest BCUT2D eigenvalue weighted by Crippen LogP contribution is -2.36. The van der Waals surface area contributed by atoms with Crippen LogP contribution in [0.15, 0.2) is 66.7 Å². The van der Waals surface area contributed by atoms with Gasteiger partial charge in [0.25, 0.3) is 0 Å². The minimum absolute atomic E-state index is 0.210. The predicted octanol–water partition coefficient (Wildman–Crippen LogP) is 5.15. The molecule has 7 nitrogen and oxygen atoms in total. The number of benzene rings is 3. The number of aromatic hydroxyl groups is 2. The second-order valence-electron chi connectivity index (χ2n) is 9.44. The Kier molecular flexibility index (Phi) is 7.82. The number of phenolic OH excluding ortho intramolecular Hbond substituents is 2. The number of aromatic nitrogens is 1. The monoisotopic (exact) mass is 502 g/mol. The molecule has 7 heteroatoms. The number of unbranched alkanes of at least 4 members (excludes halogenated alkanes) is 1. The maximum Gasteiger partial charge on any atom is 0.140 e. The molecular formula is C30H34N2O5. The van der Waals surface area contributed by atoms with Crippen molar-refractivity contribution in [2.45, 2.75) is 26.4 Å². The van der Waals surface area contributed by atoms with Gasteiger partial charge in [0.1, 0.15) is 23.9 Å². The summed E-state index contributed by atoms with van der Waals surface area (Å²) in [6, 6.07) is 20.3.